The van der Waals surface area contributed by atoms with E-state index in [2.05, 4.69) is 16.0 Å². The topological polar surface area (TPSA) is 90.5 Å². The molecule has 0 saturated carbocycles. The maximum Gasteiger partial charge on any atom is 0.321 e. The van der Waals surface area contributed by atoms with Crippen LogP contribution in [0.4, 0.5) is 4.79 Å². The molecule has 0 saturated heterocycles. The molecule has 0 fully saturated rings. The number of carbonyl (C=O) groups is 3. The summed E-state index contributed by atoms with van der Waals surface area (Å²) in [6, 6.07) is 7.94. The van der Waals surface area contributed by atoms with Crippen molar-refractivity contribution in [2.75, 3.05) is 27.2 Å². The second-order valence-corrected chi connectivity index (χ2v) is 6.11. The van der Waals surface area contributed by atoms with Gasteiger partial charge in [0.15, 0.2) is 0 Å². The Bertz CT molecular complexity index is 558. The van der Waals surface area contributed by atoms with E-state index in [0.717, 1.165) is 5.56 Å². The normalized spacial score (nSPS) is 11.7. The minimum atomic E-state index is -0.648. The van der Waals surface area contributed by atoms with E-state index in [4.69, 9.17) is 0 Å². The molecule has 7 nitrogen and oxygen atoms in total. The van der Waals surface area contributed by atoms with Crippen LogP contribution in [-0.4, -0.2) is 49.9 Å². The number of hydrogen-bond acceptors (Lipinski definition) is 4. The summed E-state index contributed by atoms with van der Waals surface area (Å²) in [5.41, 5.74) is 0.758. The van der Waals surface area contributed by atoms with Crippen molar-refractivity contribution in [1.29, 1.82) is 0 Å². The highest BCUT2D eigenvalue weighted by atomic mass is 16.2. The van der Waals surface area contributed by atoms with Gasteiger partial charge in [0.2, 0.25) is 11.8 Å². The first-order valence-corrected chi connectivity index (χ1v) is 7.88. The molecule has 4 amide bonds. The molecule has 0 bridgehead atoms. The van der Waals surface area contributed by atoms with Gasteiger partial charge in [-0.05, 0) is 11.5 Å². The van der Waals surface area contributed by atoms with Crippen molar-refractivity contribution in [3.05, 3.63) is 35.9 Å². The molecule has 132 valence electrons. The highest BCUT2D eigenvalue weighted by Gasteiger charge is 2.22. The first-order chi connectivity index (χ1) is 11.3. The highest BCUT2D eigenvalue weighted by molar-refractivity contribution is 5.95. The number of hydrogen-bond donors (Lipinski definition) is 3. The molecule has 0 radical (unpaired) electrons. The summed E-state index contributed by atoms with van der Waals surface area (Å²) in [5, 5.41) is 7.74. The summed E-state index contributed by atoms with van der Waals surface area (Å²) >= 11 is 0. The zero-order valence-electron chi connectivity index (χ0n) is 14.6. The van der Waals surface area contributed by atoms with Crippen molar-refractivity contribution < 1.29 is 14.4 Å². The van der Waals surface area contributed by atoms with Gasteiger partial charge in [0.1, 0.15) is 6.04 Å². The van der Waals surface area contributed by atoms with Gasteiger partial charge in [0.05, 0.1) is 6.54 Å². The monoisotopic (exact) mass is 334 g/mol. The molecule has 1 rings (SSSR count). The number of amides is 4. The number of carbonyl (C=O) groups excluding carboxylic acids is 3. The number of rotatable bonds is 7. The van der Waals surface area contributed by atoms with Crippen LogP contribution in [0.3, 0.4) is 0 Å². The summed E-state index contributed by atoms with van der Waals surface area (Å²) in [5.74, 6) is -0.369. The molecule has 0 aliphatic carbocycles. The molecule has 1 aromatic carbocycles. The van der Waals surface area contributed by atoms with Gasteiger partial charge >= 0.3 is 6.03 Å². The fraction of sp³-hybridized carbons (Fsp3) is 0.471. The lowest BCUT2D eigenvalue weighted by molar-refractivity contribution is -0.131. The van der Waals surface area contributed by atoms with Gasteiger partial charge in [-0.3, -0.25) is 20.2 Å². The van der Waals surface area contributed by atoms with E-state index in [-0.39, 0.29) is 12.5 Å². The molecule has 0 aliphatic rings. The zero-order chi connectivity index (χ0) is 18.1. The third-order valence-corrected chi connectivity index (χ3v) is 3.21. The van der Waals surface area contributed by atoms with Gasteiger partial charge in [-0.15, -0.1) is 0 Å². The Labute approximate surface area is 142 Å². The molecule has 0 unspecified atom stereocenters. The van der Waals surface area contributed by atoms with Crippen LogP contribution in [0.5, 0.6) is 0 Å². The van der Waals surface area contributed by atoms with E-state index in [0.29, 0.717) is 12.5 Å². The maximum absolute atomic E-state index is 12.3. The Morgan fingerprint density at radius 1 is 1.08 bits per heavy atom. The molecule has 7 heteroatoms. The minimum Gasteiger partial charge on any atom is -0.347 e. The van der Waals surface area contributed by atoms with Crippen LogP contribution in [-0.2, 0) is 9.59 Å². The molecule has 0 aliphatic heterocycles. The van der Waals surface area contributed by atoms with Crippen LogP contribution < -0.4 is 16.0 Å². The average molecular weight is 334 g/mol. The van der Waals surface area contributed by atoms with Gasteiger partial charge < -0.3 is 10.2 Å². The summed E-state index contributed by atoms with van der Waals surface area (Å²) in [6.07, 6.45) is 0. The molecule has 1 atom stereocenters. The van der Waals surface area contributed by atoms with Gasteiger partial charge in [-0.2, -0.15) is 0 Å². The largest absolute Gasteiger partial charge is 0.347 e. The van der Waals surface area contributed by atoms with Gasteiger partial charge in [-0.25, -0.2) is 4.79 Å². The van der Waals surface area contributed by atoms with E-state index >= 15 is 0 Å². The van der Waals surface area contributed by atoms with Gasteiger partial charge in [0.25, 0.3) is 0 Å². The Morgan fingerprint density at radius 3 is 2.25 bits per heavy atom. The van der Waals surface area contributed by atoms with Gasteiger partial charge in [0, 0.05) is 20.6 Å². The molecule has 1 aromatic rings. The molecular weight excluding hydrogens is 308 g/mol. The van der Waals surface area contributed by atoms with E-state index in [1.165, 1.54) is 4.90 Å². The number of likely N-dealkylation sites (N-methyl/N-ethyl adjacent to an activating group) is 1. The van der Waals surface area contributed by atoms with Crippen LogP contribution in [0, 0.1) is 5.92 Å². The molecule has 3 N–H and O–H groups in total. The van der Waals surface area contributed by atoms with Crippen molar-refractivity contribution >= 4 is 17.8 Å². The first kappa shape index (κ1) is 19.6. The van der Waals surface area contributed by atoms with Crippen molar-refractivity contribution in [2.45, 2.75) is 19.9 Å². The van der Waals surface area contributed by atoms with Crippen LogP contribution in [0.1, 0.15) is 25.5 Å². The quantitative estimate of drug-likeness (QED) is 0.691. The lowest BCUT2D eigenvalue weighted by atomic mass is 10.1. The predicted molar refractivity (Wildman–Crippen MR) is 92.3 cm³/mol. The fourth-order valence-electron chi connectivity index (χ4n) is 1.96. The minimum absolute atomic E-state index is 0.145. The SMILES string of the molecule is CC(C)CNC(=O)NC(=O)CN[C@@H](C(=O)N(C)C)c1ccccc1. The summed E-state index contributed by atoms with van der Waals surface area (Å²) in [7, 11) is 3.30. The second kappa shape index (κ2) is 9.67. The first-order valence-electron chi connectivity index (χ1n) is 7.88. The lowest BCUT2D eigenvalue weighted by Gasteiger charge is -2.22. The number of urea groups is 1. The third-order valence-electron chi connectivity index (χ3n) is 3.21. The Kier molecular flexibility index (Phi) is 7.91. The van der Waals surface area contributed by atoms with E-state index in [1.807, 2.05) is 44.2 Å². The second-order valence-electron chi connectivity index (χ2n) is 6.11. The van der Waals surface area contributed by atoms with Crippen molar-refractivity contribution in [2.24, 2.45) is 5.92 Å². The Hall–Kier alpha value is -2.41. The smallest absolute Gasteiger partial charge is 0.321 e. The Balaban J connectivity index is 2.60. The van der Waals surface area contributed by atoms with Crippen molar-refractivity contribution in [1.82, 2.24) is 20.9 Å². The summed E-state index contributed by atoms with van der Waals surface area (Å²) in [6.45, 7) is 4.26. The molecule has 24 heavy (non-hydrogen) atoms. The van der Waals surface area contributed by atoms with Gasteiger partial charge in [-0.1, -0.05) is 44.2 Å². The number of nitrogens with zero attached hydrogens (tertiary/aromatic N) is 1. The molecule has 0 aromatic heterocycles. The summed E-state index contributed by atoms with van der Waals surface area (Å²) in [4.78, 5) is 37.2. The number of imide groups is 1. The van der Waals surface area contributed by atoms with Crippen LogP contribution >= 0.6 is 0 Å². The number of nitrogens with one attached hydrogen (secondary N) is 3. The molecule has 0 spiro atoms. The fourth-order valence-corrected chi connectivity index (χ4v) is 1.96. The summed E-state index contributed by atoms with van der Waals surface area (Å²) < 4.78 is 0. The van der Waals surface area contributed by atoms with Crippen LogP contribution in [0.15, 0.2) is 30.3 Å². The van der Waals surface area contributed by atoms with Crippen LogP contribution in [0.25, 0.3) is 0 Å². The Morgan fingerprint density at radius 2 is 1.71 bits per heavy atom. The standard InChI is InChI=1S/C17H26N4O3/c1-12(2)10-19-17(24)20-14(22)11-18-15(16(23)21(3)4)13-8-6-5-7-9-13/h5-9,12,15,18H,10-11H2,1-4H3,(H2,19,20,22,24)/t15-/m1/s1. The van der Waals surface area contributed by atoms with E-state index in [9.17, 15) is 14.4 Å². The van der Waals surface area contributed by atoms with Crippen molar-refractivity contribution in [3.8, 4) is 0 Å². The average Bonchev–Trinajstić information content (AvgIpc) is 2.53. The molecular formula is C17H26N4O3. The highest BCUT2D eigenvalue weighted by Crippen LogP contribution is 2.14. The van der Waals surface area contributed by atoms with E-state index in [1.54, 1.807) is 14.1 Å². The number of benzene rings is 1. The third kappa shape index (κ3) is 6.78. The van der Waals surface area contributed by atoms with Crippen molar-refractivity contribution in [3.63, 3.8) is 0 Å². The van der Waals surface area contributed by atoms with E-state index < -0.39 is 18.0 Å². The van der Waals surface area contributed by atoms with Crippen LogP contribution in [0.2, 0.25) is 0 Å². The predicted octanol–water partition coefficient (Wildman–Crippen LogP) is 0.887. The molecule has 0 heterocycles. The maximum atomic E-state index is 12.3. The lowest BCUT2D eigenvalue weighted by Crippen LogP contribution is -2.46. The zero-order valence-corrected chi connectivity index (χ0v) is 14.6.